The smallest absolute Gasteiger partial charge is 0.408 e. The third kappa shape index (κ3) is 7.28. The molecule has 0 aromatic heterocycles. The van der Waals surface area contributed by atoms with Gasteiger partial charge in [0.25, 0.3) is 5.69 Å². The Morgan fingerprint density at radius 3 is 2.36 bits per heavy atom. The van der Waals surface area contributed by atoms with Crippen molar-refractivity contribution in [2.75, 3.05) is 5.32 Å². The minimum Gasteiger partial charge on any atom is -0.445 e. The maximum atomic E-state index is 13.0. The molecule has 9 heteroatoms. The predicted molar refractivity (Wildman–Crippen MR) is 133 cm³/mol. The molecule has 33 heavy (non-hydrogen) atoms. The molecule has 0 spiro atoms. The van der Waals surface area contributed by atoms with Crippen LogP contribution in [0.4, 0.5) is 16.2 Å². The molecule has 0 aliphatic rings. The lowest BCUT2D eigenvalue weighted by Gasteiger charge is -2.19. The van der Waals surface area contributed by atoms with Crippen LogP contribution in [-0.2, 0) is 22.6 Å². The van der Waals surface area contributed by atoms with Crippen LogP contribution in [0.5, 0.6) is 0 Å². The molecule has 2 N–H and O–H groups in total. The number of nitrogens with one attached hydrogen (secondary N) is 2. The average Bonchev–Trinajstić information content (AvgIpc) is 2.80. The first-order valence-electron chi connectivity index (χ1n) is 10.1. The number of carbonyl (C=O) groups excluding carboxylic acids is 2. The number of nitrogens with zero attached hydrogens (tertiary/aromatic N) is 1. The number of aryl methyl sites for hydroxylation is 1. The third-order valence-electron chi connectivity index (χ3n) is 4.85. The van der Waals surface area contributed by atoms with Gasteiger partial charge in [-0.15, -0.1) is 0 Å². The predicted octanol–water partition coefficient (Wildman–Crippen LogP) is 4.98. The summed E-state index contributed by atoms with van der Waals surface area (Å²) in [6.07, 6.45) is -0.603. The zero-order valence-electron chi connectivity index (χ0n) is 17.8. The fraction of sp³-hybridized carbons (Fsp3) is 0.167. The number of benzene rings is 3. The SMILES string of the molecule is Cc1cc(I)ccc1NC(=O)[C@@H](Cc1ccc([N+](=O)[O-])cc1)NC(=O)OCc1ccccc1. The second-order valence-corrected chi connectivity index (χ2v) is 8.58. The number of halogens is 1. The molecule has 0 aliphatic carbocycles. The summed E-state index contributed by atoms with van der Waals surface area (Å²) in [5.74, 6) is -0.422. The molecule has 0 unspecified atom stereocenters. The summed E-state index contributed by atoms with van der Waals surface area (Å²) in [5, 5.41) is 16.4. The molecule has 0 saturated heterocycles. The van der Waals surface area contributed by atoms with Gasteiger partial charge in [0.05, 0.1) is 4.92 Å². The first-order valence-corrected chi connectivity index (χ1v) is 11.2. The summed E-state index contributed by atoms with van der Waals surface area (Å²) in [5.41, 5.74) is 2.94. The molecule has 8 nitrogen and oxygen atoms in total. The topological polar surface area (TPSA) is 111 Å². The first kappa shape index (κ1) is 24.2. The zero-order valence-corrected chi connectivity index (χ0v) is 19.9. The number of amides is 2. The maximum absolute atomic E-state index is 13.0. The van der Waals surface area contributed by atoms with E-state index in [1.54, 1.807) is 18.2 Å². The van der Waals surface area contributed by atoms with Crippen LogP contribution in [-0.4, -0.2) is 23.0 Å². The molecule has 2 amide bonds. The number of carbonyl (C=O) groups is 2. The quantitative estimate of drug-likeness (QED) is 0.230. The van der Waals surface area contributed by atoms with E-state index >= 15 is 0 Å². The lowest BCUT2D eigenvalue weighted by Crippen LogP contribution is -2.45. The number of nitro benzene ring substituents is 1. The van der Waals surface area contributed by atoms with Crippen LogP contribution in [0.15, 0.2) is 72.8 Å². The summed E-state index contributed by atoms with van der Waals surface area (Å²) in [6.45, 7) is 1.94. The Morgan fingerprint density at radius 1 is 1.03 bits per heavy atom. The van der Waals surface area contributed by atoms with Crippen LogP contribution in [0.1, 0.15) is 16.7 Å². The number of non-ortho nitro benzene ring substituents is 1. The largest absolute Gasteiger partial charge is 0.445 e. The molecule has 0 fully saturated rings. The van der Waals surface area contributed by atoms with E-state index in [1.807, 2.05) is 49.4 Å². The highest BCUT2D eigenvalue weighted by molar-refractivity contribution is 14.1. The fourth-order valence-corrected chi connectivity index (χ4v) is 3.74. The molecule has 0 bridgehead atoms. The summed E-state index contributed by atoms with van der Waals surface area (Å²) >= 11 is 2.19. The van der Waals surface area contributed by atoms with Crippen LogP contribution >= 0.6 is 22.6 Å². The van der Waals surface area contributed by atoms with Gasteiger partial charge in [-0.1, -0.05) is 42.5 Å². The molecule has 1 atom stereocenters. The number of alkyl carbamates (subject to hydrolysis) is 1. The van der Waals surface area contributed by atoms with Crippen molar-refractivity contribution < 1.29 is 19.2 Å². The van der Waals surface area contributed by atoms with Crippen molar-refractivity contribution in [3.8, 4) is 0 Å². The fourth-order valence-electron chi connectivity index (χ4n) is 3.09. The van der Waals surface area contributed by atoms with Crippen molar-refractivity contribution >= 4 is 46.0 Å². The van der Waals surface area contributed by atoms with Crippen molar-refractivity contribution in [3.05, 3.63) is 103 Å². The molecular weight excluding hydrogens is 537 g/mol. The van der Waals surface area contributed by atoms with E-state index in [4.69, 9.17) is 4.74 Å². The highest BCUT2D eigenvalue weighted by Crippen LogP contribution is 2.19. The van der Waals surface area contributed by atoms with E-state index in [0.29, 0.717) is 11.3 Å². The van der Waals surface area contributed by atoms with Gasteiger partial charge in [0, 0.05) is 27.8 Å². The van der Waals surface area contributed by atoms with Gasteiger partial charge in [0.1, 0.15) is 12.6 Å². The molecule has 170 valence electrons. The minimum absolute atomic E-state index is 0.0514. The number of hydrogen-bond donors (Lipinski definition) is 2. The van der Waals surface area contributed by atoms with Crippen molar-refractivity contribution in [1.82, 2.24) is 5.32 Å². The summed E-state index contributed by atoms with van der Waals surface area (Å²) in [7, 11) is 0. The Labute approximate surface area is 204 Å². The first-order chi connectivity index (χ1) is 15.8. The Kier molecular flexibility index (Phi) is 8.36. The van der Waals surface area contributed by atoms with E-state index < -0.39 is 23.0 Å². The van der Waals surface area contributed by atoms with Crippen molar-refractivity contribution in [1.29, 1.82) is 0 Å². The number of ether oxygens (including phenoxy) is 1. The molecule has 0 heterocycles. The molecule has 3 aromatic rings. The number of anilines is 1. The van der Waals surface area contributed by atoms with Crippen molar-refractivity contribution in [3.63, 3.8) is 0 Å². The lowest BCUT2D eigenvalue weighted by molar-refractivity contribution is -0.384. The van der Waals surface area contributed by atoms with Crippen molar-refractivity contribution in [2.45, 2.75) is 26.0 Å². The molecule has 0 radical (unpaired) electrons. The lowest BCUT2D eigenvalue weighted by atomic mass is 10.0. The highest BCUT2D eigenvalue weighted by atomic mass is 127. The summed E-state index contributed by atoms with van der Waals surface area (Å²) in [4.78, 5) is 35.9. The Bertz CT molecular complexity index is 1140. The minimum atomic E-state index is -0.951. The highest BCUT2D eigenvalue weighted by Gasteiger charge is 2.23. The molecule has 3 aromatic carbocycles. The Balaban J connectivity index is 1.73. The maximum Gasteiger partial charge on any atom is 0.408 e. The Morgan fingerprint density at radius 2 is 1.73 bits per heavy atom. The van der Waals surface area contributed by atoms with Crippen LogP contribution < -0.4 is 10.6 Å². The van der Waals surface area contributed by atoms with E-state index in [2.05, 4.69) is 33.2 Å². The van der Waals surface area contributed by atoms with Gasteiger partial charge in [-0.3, -0.25) is 14.9 Å². The van der Waals surface area contributed by atoms with Crippen LogP contribution in [0, 0.1) is 20.6 Å². The van der Waals surface area contributed by atoms with Gasteiger partial charge >= 0.3 is 6.09 Å². The van der Waals surface area contributed by atoms with Gasteiger partial charge in [0.2, 0.25) is 5.91 Å². The summed E-state index contributed by atoms with van der Waals surface area (Å²) in [6, 6.07) is 19.7. The molecule has 0 aliphatic heterocycles. The van der Waals surface area contributed by atoms with E-state index in [-0.39, 0.29) is 18.7 Å². The molecular formula is C24H22IN3O5. The van der Waals surface area contributed by atoms with Gasteiger partial charge in [-0.2, -0.15) is 0 Å². The second-order valence-electron chi connectivity index (χ2n) is 7.33. The zero-order chi connectivity index (χ0) is 23.8. The average molecular weight is 559 g/mol. The number of rotatable bonds is 8. The van der Waals surface area contributed by atoms with Gasteiger partial charge in [-0.25, -0.2) is 4.79 Å². The van der Waals surface area contributed by atoms with Crippen LogP contribution in [0.2, 0.25) is 0 Å². The number of hydrogen-bond acceptors (Lipinski definition) is 5. The van der Waals surface area contributed by atoms with Crippen LogP contribution in [0.3, 0.4) is 0 Å². The molecule has 0 saturated carbocycles. The third-order valence-corrected chi connectivity index (χ3v) is 5.53. The second kappa shape index (κ2) is 11.4. The van der Waals surface area contributed by atoms with Crippen LogP contribution in [0.25, 0.3) is 0 Å². The Hall–Kier alpha value is -3.47. The van der Waals surface area contributed by atoms with E-state index in [9.17, 15) is 19.7 Å². The van der Waals surface area contributed by atoms with Gasteiger partial charge < -0.3 is 15.4 Å². The van der Waals surface area contributed by atoms with Crippen molar-refractivity contribution in [2.24, 2.45) is 0 Å². The van der Waals surface area contributed by atoms with E-state index in [1.165, 1.54) is 12.1 Å². The normalized spacial score (nSPS) is 11.3. The summed E-state index contributed by atoms with van der Waals surface area (Å²) < 4.78 is 6.30. The monoisotopic (exact) mass is 559 g/mol. The van der Waals surface area contributed by atoms with Gasteiger partial charge in [-0.05, 0) is 64.4 Å². The number of nitro groups is 1. The standard InChI is InChI=1S/C24H22IN3O5/c1-16-13-19(25)9-12-21(16)26-23(29)22(14-17-7-10-20(11-8-17)28(31)32)27-24(30)33-15-18-5-3-2-4-6-18/h2-13,22H,14-15H2,1H3,(H,26,29)(H,27,30)/t22-/m1/s1. The van der Waals surface area contributed by atoms with E-state index in [0.717, 1.165) is 14.7 Å². The molecule has 3 rings (SSSR count). The van der Waals surface area contributed by atoms with Gasteiger partial charge in [0.15, 0.2) is 0 Å².